The second kappa shape index (κ2) is 7.82. The SMILES string of the molecule is [C-]#[N+]c1ccc(-c2ccc(S(=O)(=O)CC3CCC(C)CC3)c(Cl)c2)cc1. The molecule has 1 saturated carbocycles. The predicted molar refractivity (Wildman–Crippen MR) is 106 cm³/mol. The number of hydrogen-bond donors (Lipinski definition) is 0. The smallest absolute Gasteiger partial charge is 0.187 e. The summed E-state index contributed by atoms with van der Waals surface area (Å²) in [5, 5.41) is 0.265. The highest BCUT2D eigenvalue weighted by molar-refractivity contribution is 7.91. The lowest BCUT2D eigenvalue weighted by Gasteiger charge is -2.26. The molecule has 136 valence electrons. The molecule has 0 radical (unpaired) electrons. The summed E-state index contributed by atoms with van der Waals surface area (Å²) in [5.74, 6) is 1.11. The summed E-state index contributed by atoms with van der Waals surface area (Å²) in [6.07, 6.45) is 4.16. The van der Waals surface area contributed by atoms with Crippen LogP contribution >= 0.6 is 11.6 Å². The van der Waals surface area contributed by atoms with Crippen LogP contribution in [0, 0.1) is 18.4 Å². The average Bonchev–Trinajstić information content (AvgIpc) is 2.63. The number of hydrogen-bond acceptors (Lipinski definition) is 2. The Morgan fingerprint density at radius 3 is 2.23 bits per heavy atom. The van der Waals surface area contributed by atoms with Crippen molar-refractivity contribution in [2.45, 2.75) is 37.5 Å². The highest BCUT2D eigenvalue weighted by Gasteiger charge is 2.26. The van der Waals surface area contributed by atoms with E-state index in [-0.39, 0.29) is 21.6 Å². The van der Waals surface area contributed by atoms with E-state index >= 15 is 0 Å². The van der Waals surface area contributed by atoms with Crippen molar-refractivity contribution < 1.29 is 8.42 Å². The lowest BCUT2D eigenvalue weighted by molar-refractivity contribution is 0.308. The molecular formula is C21H22ClNO2S. The Labute approximate surface area is 160 Å². The molecule has 3 nitrogen and oxygen atoms in total. The molecule has 0 atom stereocenters. The van der Waals surface area contributed by atoms with E-state index in [0.29, 0.717) is 11.6 Å². The minimum atomic E-state index is -3.39. The molecule has 26 heavy (non-hydrogen) atoms. The van der Waals surface area contributed by atoms with Gasteiger partial charge >= 0.3 is 0 Å². The van der Waals surface area contributed by atoms with Gasteiger partial charge in [-0.3, -0.25) is 0 Å². The van der Waals surface area contributed by atoms with Crippen molar-refractivity contribution in [3.05, 3.63) is 58.9 Å². The normalized spacial score (nSPS) is 20.5. The predicted octanol–water partition coefficient (Wildman–Crippen LogP) is 6.16. The molecule has 0 aromatic heterocycles. The molecule has 0 aliphatic heterocycles. The van der Waals surface area contributed by atoms with E-state index in [1.807, 2.05) is 12.1 Å². The summed E-state index contributed by atoms with van der Waals surface area (Å²) >= 11 is 6.34. The fourth-order valence-electron chi connectivity index (χ4n) is 3.56. The Bertz CT molecular complexity index is 921. The molecule has 5 heteroatoms. The maximum Gasteiger partial charge on any atom is 0.187 e. The quantitative estimate of drug-likeness (QED) is 0.589. The van der Waals surface area contributed by atoms with Gasteiger partial charge in [-0.15, -0.1) is 0 Å². The molecule has 0 spiro atoms. The molecule has 0 unspecified atom stereocenters. The van der Waals surface area contributed by atoms with Crippen molar-refractivity contribution in [3.63, 3.8) is 0 Å². The van der Waals surface area contributed by atoms with Gasteiger partial charge in [-0.25, -0.2) is 13.3 Å². The van der Waals surface area contributed by atoms with Crippen LogP contribution in [0.2, 0.25) is 5.02 Å². The van der Waals surface area contributed by atoms with Crippen LogP contribution < -0.4 is 0 Å². The summed E-state index contributed by atoms with van der Waals surface area (Å²) in [4.78, 5) is 3.60. The molecule has 0 bridgehead atoms. The summed E-state index contributed by atoms with van der Waals surface area (Å²) in [7, 11) is -3.39. The van der Waals surface area contributed by atoms with E-state index in [1.54, 1.807) is 30.3 Å². The lowest BCUT2D eigenvalue weighted by Crippen LogP contribution is -2.21. The van der Waals surface area contributed by atoms with E-state index in [0.717, 1.165) is 36.8 Å². The van der Waals surface area contributed by atoms with E-state index in [4.69, 9.17) is 18.2 Å². The molecule has 3 rings (SSSR count). The van der Waals surface area contributed by atoms with Gasteiger partial charge in [-0.05, 0) is 47.9 Å². The van der Waals surface area contributed by atoms with Gasteiger partial charge in [0.05, 0.1) is 22.2 Å². The first kappa shape index (κ1) is 18.9. The second-order valence-corrected chi connectivity index (χ2v) is 9.62. The van der Waals surface area contributed by atoms with Gasteiger partial charge in [0.1, 0.15) is 0 Å². The lowest BCUT2D eigenvalue weighted by atomic mass is 9.84. The zero-order chi connectivity index (χ0) is 18.7. The van der Waals surface area contributed by atoms with Gasteiger partial charge in [0, 0.05) is 0 Å². The van der Waals surface area contributed by atoms with Crippen molar-refractivity contribution in [2.24, 2.45) is 11.8 Å². The van der Waals surface area contributed by atoms with Crippen LogP contribution in [0.15, 0.2) is 47.4 Å². The average molecular weight is 388 g/mol. The first-order chi connectivity index (χ1) is 12.4. The van der Waals surface area contributed by atoms with Crippen LogP contribution in [0.25, 0.3) is 16.0 Å². The number of halogens is 1. The van der Waals surface area contributed by atoms with Crippen molar-refractivity contribution in [1.82, 2.24) is 0 Å². The van der Waals surface area contributed by atoms with Crippen LogP contribution in [-0.4, -0.2) is 14.2 Å². The van der Waals surface area contributed by atoms with Crippen LogP contribution in [0.1, 0.15) is 32.6 Å². The summed E-state index contributed by atoms with van der Waals surface area (Å²) in [5.41, 5.74) is 2.32. The number of nitrogens with zero attached hydrogens (tertiary/aromatic N) is 1. The molecule has 0 amide bonds. The third-order valence-corrected chi connectivity index (χ3v) is 7.55. The van der Waals surface area contributed by atoms with Gasteiger partial charge in [0.15, 0.2) is 15.5 Å². The Morgan fingerprint density at radius 1 is 1.04 bits per heavy atom. The van der Waals surface area contributed by atoms with Gasteiger partial charge in [-0.2, -0.15) is 0 Å². The molecule has 0 N–H and O–H groups in total. The Balaban J connectivity index is 1.81. The van der Waals surface area contributed by atoms with Gasteiger partial charge in [0.25, 0.3) is 0 Å². The van der Waals surface area contributed by atoms with Crippen LogP contribution in [0.5, 0.6) is 0 Å². The van der Waals surface area contributed by atoms with E-state index in [2.05, 4.69) is 11.8 Å². The van der Waals surface area contributed by atoms with E-state index in [1.165, 1.54) is 0 Å². The summed E-state index contributed by atoms with van der Waals surface area (Å²) in [6.45, 7) is 9.23. The second-order valence-electron chi connectivity index (χ2n) is 7.21. The van der Waals surface area contributed by atoms with Crippen LogP contribution in [0.3, 0.4) is 0 Å². The zero-order valence-electron chi connectivity index (χ0n) is 14.8. The molecule has 1 fully saturated rings. The van der Waals surface area contributed by atoms with Crippen molar-refractivity contribution in [2.75, 3.05) is 5.75 Å². The molecular weight excluding hydrogens is 366 g/mol. The Kier molecular flexibility index (Phi) is 5.70. The topological polar surface area (TPSA) is 38.5 Å². The molecule has 0 saturated heterocycles. The fraction of sp³-hybridized carbons (Fsp3) is 0.381. The van der Waals surface area contributed by atoms with Gasteiger partial charge in [0.2, 0.25) is 0 Å². The summed E-state index contributed by atoms with van der Waals surface area (Å²) in [6, 6.07) is 12.3. The van der Waals surface area contributed by atoms with Crippen molar-refractivity contribution in [3.8, 4) is 11.1 Å². The Morgan fingerprint density at radius 2 is 1.65 bits per heavy atom. The number of benzene rings is 2. The fourth-order valence-corrected chi connectivity index (χ4v) is 5.85. The molecule has 1 aliphatic rings. The molecule has 2 aromatic carbocycles. The van der Waals surface area contributed by atoms with Gasteiger partial charge in [-0.1, -0.05) is 61.7 Å². The monoisotopic (exact) mass is 387 g/mol. The highest BCUT2D eigenvalue weighted by Crippen LogP contribution is 2.34. The number of rotatable bonds is 4. The van der Waals surface area contributed by atoms with Crippen molar-refractivity contribution in [1.29, 1.82) is 0 Å². The standard InChI is InChI=1S/C21H22ClNO2S/c1-15-3-5-16(6-4-15)14-26(24,25)21-12-9-18(13-20(21)22)17-7-10-19(23-2)11-8-17/h7-13,15-16H,3-6,14H2,1H3. The zero-order valence-corrected chi connectivity index (χ0v) is 16.4. The third kappa shape index (κ3) is 4.28. The minimum absolute atomic E-state index is 0.179. The van der Waals surface area contributed by atoms with Crippen LogP contribution in [-0.2, 0) is 9.84 Å². The van der Waals surface area contributed by atoms with E-state index < -0.39 is 9.84 Å². The maximum atomic E-state index is 12.8. The highest BCUT2D eigenvalue weighted by atomic mass is 35.5. The Hall–Kier alpha value is -1.83. The summed E-state index contributed by atoms with van der Waals surface area (Å²) < 4.78 is 25.6. The van der Waals surface area contributed by atoms with E-state index in [9.17, 15) is 8.42 Å². The largest absolute Gasteiger partial charge is 0.238 e. The maximum absolute atomic E-state index is 12.8. The molecule has 1 aliphatic carbocycles. The van der Waals surface area contributed by atoms with Crippen molar-refractivity contribution >= 4 is 27.1 Å². The van der Waals surface area contributed by atoms with Gasteiger partial charge < -0.3 is 0 Å². The molecule has 2 aromatic rings. The minimum Gasteiger partial charge on any atom is -0.238 e. The molecule has 0 heterocycles. The first-order valence-electron chi connectivity index (χ1n) is 8.89. The van der Waals surface area contributed by atoms with Crippen LogP contribution in [0.4, 0.5) is 5.69 Å². The number of sulfone groups is 1. The first-order valence-corrected chi connectivity index (χ1v) is 10.9. The third-order valence-electron chi connectivity index (χ3n) is 5.19.